The van der Waals surface area contributed by atoms with Gasteiger partial charge in [-0.05, 0) is 100 Å². The second-order valence-corrected chi connectivity index (χ2v) is 11.8. The Morgan fingerprint density at radius 3 is 2.03 bits per heavy atom. The summed E-state index contributed by atoms with van der Waals surface area (Å²) in [5, 5.41) is 2.48. The standard InChI is InChI=1S/C23H33N3O3S.C2H6.2H2/c1-14(2)26-17-9-10-18(26)13-19(12-17)30(28,29)25-23(27)24-22-20-7-3-5-15(20)11-16-6-4-8-21(16)22;1-2;;/h11,14,17-19H,3-10,12-13H2,1-2H3,(H2,24,25,27);1-2H3;2*1H/t17-,18+,19?;;;. The summed E-state index contributed by atoms with van der Waals surface area (Å²) < 4.78 is 28.5. The molecule has 6 nitrogen and oxygen atoms in total. The number of carbonyl (C=O) groups is 1. The molecular weight excluding hydrogens is 422 g/mol. The van der Waals surface area contributed by atoms with Crippen LogP contribution in [0, 0.1) is 0 Å². The van der Waals surface area contributed by atoms with Crippen molar-refractivity contribution in [2.45, 2.75) is 115 Å². The zero-order valence-electron chi connectivity index (χ0n) is 20.0. The van der Waals surface area contributed by atoms with Crippen LogP contribution in [0.25, 0.3) is 0 Å². The van der Waals surface area contributed by atoms with Crippen LogP contribution in [-0.4, -0.2) is 42.7 Å². The number of benzene rings is 1. The zero-order chi connectivity index (χ0) is 23.0. The number of aryl methyl sites for hydroxylation is 2. The van der Waals surface area contributed by atoms with Gasteiger partial charge in [-0.15, -0.1) is 0 Å². The van der Waals surface area contributed by atoms with E-state index in [9.17, 15) is 13.2 Å². The Morgan fingerprint density at radius 2 is 1.53 bits per heavy atom. The van der Waals surface area contributed by atoms with Crippen LogP contribution in [0.3, 0.4) is 0 Å². The number of fused-ring (bicyclic) bond motifs is 4. The van der Waals surface area contributed by atoms with E-state index in [1.807, 2.05) is 13.8 Å². The molecule has 2 bridgehead atoms. The average molecular weight is 466 g/mol. The Bertz CT molecular complexity index is 938. The highest BCUT2D eigenvalue weighted by Gasteiger charge is 2.46. The molecule has 2 aliphatic heterocycles. The van der Waals surface area contributed by atoms with Crippen molar-refractivity contribution in [2.75, 3.05) is 5.32 Å². The van der Waals surface area contributed by atoms with Crippen molar-refractivity contribution >= 4 is 21.7 Å². The summed E-state index contributed by atoms with van der Waals surface area (Å²) >= 11 is 0. The summed E-state index contributed by atoms with van der Waals surface area (Å²) in [6, 6.07) is 2.78. The van der Waals surface area contributed by atoms with E-state index >= 15 is 0 Å². The monoisotopic (exact) mass is 465 g/mol. The molecule has 2 amide bonds. The van der Waals surface area contributed by atoms with Gasteiger partial charge in [0.05, 0.1) is 5.25 Å². The lowest BCUT2D eigenvalue weighted by molar-refractivity contribution is 0.105. The number of hydrogen-bond donors (Lipinski definition) is 2. The number of urea groups is 1. The molecule has 2 fully saturated rings. The molecule has 0 radical (unpaired) electrons. The van der Waals surface area contributed by atoms with Crippen molar-refractivity contribution in [1.82, 2.24) is 9.62 Å². The van der Waals surface area contributed by atoms with Crippen molar-refractivity contribution in [2.24, 2.45) is 0 Å². The minimum absolute atomic E-state index is 0. The molecule has 3 atom stereocenters. The van der Waals surface area contributed by atoms with E-state index in [2.05, 4.69) is 34.9 Å². The van der Waals surface area contributed by atoms with Gasteiger partial charge in [0.15, 0.2) is 0 Å². The molecule has 2 aliphatic carbocycles. The molecule has 2 N–H and O–H groups in total. The maximum Gasteiger partial charge on any atom is 0.332 e. The number of carbonyl (C=O) groups excluding carboxylic acids is 1. The fraction of sp³-hybridized carbons (Fsp3) is 0.720. The molecule has 0 spiro atoms. The molecule has 1 aromatic rings. The summed E-state index contributed by atoms with van der Waals surface area (Å²) in [4.78, 5) is 15.3. The van der Waals surface area contributed by atoms with Crippen molar-refractivity contribution in [3.05, 3.63) is 28.3 Å². The highest BCUT2D eigenvalue weighted by atomic mass is 32.2. The van der Waals surface area contributed by atoms with Gasteiger partial charge in [-0.1, -0.05) is 19.9 Å². The Hall–Kier alpha value is -1.60. The fourth-order valence-electron chi connectivity index (χ4n) is 6.58. The number of nitrogens with zero attached hydrogens (tertiary/aromatic N) is 1. The Balaban J connectivity index is 0.000000995. The van der Waals surface area contributed by atoms with E-state index in [0.717, 1.165) is 57.1 Å². The maximum atomic E-state index is 13.1. The van der Waals surface area contributed by atoms with E-state index in [-0.39, 0.29) is 2.85 Å². The number of hydrogen-bond acceptors (Lipinski definition) is 4. The quantitative estimate of drug-likeness (QED) is 0.653. The van der Waals surface area contributed by atoms with Gasteiger partial charge in [0, 0.05) is 26.7 Å². The van der Waals surface area contributed by atoms with Crippen LogP contribution in [0.4, 0.5) is 10.5 Å². The number of anilines is 1. The fourth-order valence-corrected chi connectivity index (χ4v) is 8.01. The predicted octanol–water partition coefficient (Wildman–Crippen LogP) is 5.04. The van der Waals surface area contributed by atoms with Crippen LogP contribution in [0.2, 0.25) is 0 Å². The lowest BCUT2D eigenvalue weighted by Gasteiger charge is -2.41. The minimum atomic E-state index is -3.69. The van der Waals surface area contributed by atoms with Crippen molar-refractivity contribution < 1.29 is 16.1 Å². The normalized spacial score (nSPS) is 26.3. The van der Waals surface area contributed by atoms with Gasteiger partial charge in [-0.25, -0.2) is 17.9 Å². The number of piperidine rings is 1. The summed E-state index contributed by atoms with van der Waals surface area (Å²) in [6.07, 6.45) is 9.58. The molecule has 2 saturated heterocycles. The molecule has 1 unspecified atom stereocenters. The smallest absolute Gasteiger partial charge is 0.307 e. The first kappa shape index (κ1) is 23.6. The van der Waals surface area contributed by atoms with E-state index < -0.39 is 21.3 Å². The molecule has 0 saturated carbocycles. The predicted molar refractivity (Wildman–Crippen MR) is 134 cm³/mol. The number of rotatable bonds is 4. The molecule has 4 aliphatic rings. The van der Waals surface area contributed by atoms with E-state index in [1.54, 1.807) is 0 Å². The molecule has 182 valence electrons. The number of nitrogens with one attached hydrogen (secondary N) is 2. The first-order valence-electron chi connectivity index (χ1n) is 12.6. The SMILES string of the molecule is CC.CC(C)N1[C@@H]2CC[C@H]1CC(S(=O)(=O)NC(=O)Nc1c3c(cc4c1CCC4)CCC3)C2.[HH].[HH]. The van der Waals surface area contributed by atoms with Gasteiger partial charge >= 0.3 is 6.03 Å². The Morgan fingerprint density at radius 1 is 1.00 bits per heavy atom. The molecule has 7 heteroatoms. The van der Waals surface area contributed by atoms with Crippen molar-refractivity contribution in [3.8, 4) is 0 Å². The third kappa shape index (κ3) is 4.30. The third-order valence-corrected chi connectivity index (χ3v) is 9.46. The van der Waals surface area contributed by atoms with Gasteiger partial charge < -0.3 is 5.32 Å². The van der Waals surface area contributed by atoms with Crippen LogP contribution in [0.1, 0.15) is 91.3 Å². The number of sulfonamides is 1. The van der Waals surface area contributed by atoms with Crippen molar-refractivity contribution in [3.63, 3.8) is 0 Å². The van der Waals surface area contributed by atoms with Crippen LogP contribution in [0.5, 0.6) is 0 Å². The van der Waals surface area contributed by atoms with Gasteiger partial charge in [0.2, 0.25) is 10.0 Å². The molecule has 1 aromatic carbocycles. The molecule has 32 heavy (non-hydrogen) atoms. The lowest BCUT2D eigenvalue weighted by atomic mass is 9.99. The minimum Gasteiger partial charge on any atom is -0.307 e. The van der Waals surface area contributed by atoms with Crippen LogP contribution >= 0.6 is 0 Å². The van der Waals surface area contributed by atoms with Gasteiger partial charge in [-0.3, -0.25) is 4.90 Å². The van der Waals surface area contributed by atoms with Crippen molar-refractivity contribution in [1.29, 1.82) is 0 Å². The van der Waals surface area contributed by atoms with Crippen LogP contribution in [-0.2, 0) is 35.7 Å². The average Bonchev–Trinajstić information content (AvgIpc) is 3.46. The largest absolute Gasteiger partial charge is 0.332 e. The number of amides is 2. The Labute approximate surface area is 196 Å². The van der Waals surface area contributed by atoms with E-state index in [4.69, 9.17) is 0 Å². The molecule has 5 rings (SSSR count). The zero-order valence-corrected chi connectivity index (χ0v) is 20.9. The van der Waals surface area contributed by atoms with Gasteiger partial charge in [-0.2, -0.15) is 0 Å². The molecular formula is C25H43N3O3S. The highest BCUT2D eigenvalue weighted by Crippen LogP contribution is 2.40. The Kier molecular flexibility index (Phi) is 6.87. The first-order valence-corrected chi connectivity index (χ1v) is 14.1. The third-order valence-electron chi connectivity index (χ3n) is 7.73. The summed E-state index contributed by atoms with van der Waals surface area (Å²) in [5.41, 5.74) is 5.97. The molecule has 2 heterocycles. The molecule has 0 aromatic heterocycles. The van der Waals surface area contributed by atoms with Crippen LogP contribution < -0.4 is 10.0 Å². The topological polar surface area (TPSA) is 78.5 Å². The van der Waals surface area contributed by atoms with Gasteiger partial charge in [0.1, 0.15) is 0 Å². The van der Waals surface area contributed by atoms with Crippen LogP contribution in [0.15, 0.2) is 6.07 Å². The lowest BCUT2D eigenvalue weighted by Crippen LogP contribution is -2.52. The second kappa shape index (κ2) is 9.34. The van der Waals surface area contributed by atoms with E-state index in [0.29, 0.717) is 31.0 Å². The summed E-state index contributed by atoms with van der Waals surface area (Å²) in [5.74, 6) is 0. The second-order valence-electron chi connectivity index (χ2n) is 9.85. The maximum absolute atomic E-state index is 13.1. The van der Waals surface area contributed by atoms with E-state index in [1.165, 1.54) is 22.3 Å². The first-order chi connectivity index (χ1) is 15.3. The highest BCUT2D eigenvalue weighted by molar-refractivity contribution is 7.90. The summed E-state index contributed by atoms with van der Waals surface area (Å²) in [7, 11) is -3.69. The summed E-state index contributed by atoms with van der Waals surface area (Å²) in [6.45, 7) is 8.37. The van der Waals surface area contributed by atoms with Gasteiger partial charge in [0.25, 0.3) is 0 Å².